The molecule has 23 heavy (non-hydrogen) atoms. The van der Waals surface area contributed by atoms with Crippen LogP contribution in [0, 0.1) is 6.92 Å². The summed E-state index contributed by atoms with van der Waals surface area (Å²) in [7, 11) is 0. The number of halogens is 4. The Bertz CT molecular complexity index is 672. The van der Waals surface area contributed by atoms with Gasteiger partial charge >= 0.3 is 41.9 Å². The second-order valence-electron chi connectivity index (χ2n) is 4.89. The maximum Gasteiger partial charge on any atom is 0.0000896 e. The largest absolute Gasteiger partial charge is 1.00 e. The molecule has 0 aliphatic rings. The van der Waals surface area contributed by atoms with E-state index in [4.69, 9.17) is 11.6 Å². The quantitative estimate of drug-likeness (QED) is 0.295. The van der Waals surface area contributed by atoms with Crippen LogP contribution in [-0.4, -0.2) is 5.43 Å². The summed E-state index contributed by atoms with van der Waals surface area (Å²) in [6, 6.07) is 18.2. The van der Waals surface area contributed by atoms with Gasteiger partial charge in [0.2, 0.25) is 0 Å². The van der Waals surface area contributed by atoms with E-state index in [9.17, 15) is 0 Å². The first-order valence-electron chi connectivity index (χ1n) is 6.60. The van der Waals surface area contributed by atoms with Gasteiger partial charge in [0.1, 0.15) is 0 Å². The number of rotatable bonds is 0. The first-order valence-corrected chi connectivity index (χ1v) is 14.0. The van der Waals surface area contributed by atoms with Crippen LogP contribution in [0.25, 0.3) is 10.8 Å². The van der Waals surface area contributed by atoms with Crippen LogP contribution in [-0.2, 0) is 23.3 Å². The van der Waals surface area contributed by atoms with Crippen molar-refractivity contribution in [2.45, 2.75) is 20.0 Å². The molecule has 6 heteroatoms. The van der Waals surface area contributed by atoms with Crippen molar-refractivity contribution in [3.63, 3.8) is 0 Å². The average Bonchev–Trinajstić information content (AvgIpc) is 2.99. The van der Waals surface area contributed by atoms with Crippen molar-refractivity contribution in [1.82, 2.24) is 0 Å². The number of hydrogen-bond acceptors (Lipinski definition) is 0. The maximum absolute atomic E-state index is 5.90. The van der Waals surface area contributed by atoms with Crippen molar-refractivity contribution >= 4 is 43.7 Å². The predicted molar refractivity (Wildman–Crippen MR) is 96.5 cm³/mol. The molecule has 0 saturated carbocycles. The second kappa shape index (κ2) is 13.9. The fraction of sp³-hybridized carbons (Fsp3) is 0.176. The Labute approximate surface area is 180 Å². The van der Waals surface area contributed by atoms with E-state index in [2.05, 4.69) is 48.1 Å². The summed E-state index contributed by atoms with van der Waals surface area (Å²) in [5.41, 5.74) is 1.48. The van der Waals surface area contributed by atoms with Crippen LogP contribution in [0.1, 0.15) is 5.56 Å². The standard InChI is InChI=1S/C10H7BrCl.C5H5.C2H6Si.2ClH.Zr/c1-6-2-7-4-8(12)5-10(11)9(7)3-6;1-2-4-5-3-1;1-3-2;;;/h2-5H,1H3;1-5H;1-2H3;2*1H;/q2*-1;;;;+2/p-2. The molecule has 0 spiro atoms. The first-order chi connectivity index (χ1) is 9.90. The number of hydrogen-bond donors (Lipinski definition) is 0. The summed E-state index contributed by atoms with van der Waals surface area (Å²) in [5.74, 6) is 0. The van der Waals surface area contributed by atoms with E-state index in [1.54, 1.807) is 23.3 Å². The summed E-state index contributed by atoms with van der Waals surface area (Å²) in [5, 5.41) is 3.21. The SMILES string of the molecule is C[Si](C)=[Zr+2].Cc1cc2c(Br)cc(Cl)cc2[cH-]1.[Cl-].[Cl-].c1cc[cH-]c1. The van der Waals surface area contributed by atoms with Crippen molar-refractivity contribution < 1.29 is 48.1 Å². The molecule has 0 aliphatic heterocycles. The van der Waals surface area contributed by atoms with Crippen LogP contribution in [0.4, 0.5) is 0 Å². The molecule has 0 radical (unpaired) electrons. The van der Waals surface area contributed by atoms with Gasteiger partial charge in [-0.1, -0.05) is 34.5 Å². The Balaban J connectivity index is 0. The first kappa shape index (κ1) is 25.9. The zero-order valence-corrected chi connectivity index (χ0v) is 20.5. The molecule has 3 rings (SSSR count). The molecule has 0 bridgehead atoms. The van der Waals surface area contributed by atoms with Crippen molar-refractivity contribution in [3.8, 4) is 0 Å². The molecule has 0 fully saturated rings. The molecular formula is C17H18BrCl3SiZr-2. The topological polar surface area (TPSA) is 0 Å². The molecule has 0 aromatic heterocycles. The van der Waals surface area contributed by atoms with Gasteiger partial charge in [-0.25, -0.2) is 12.1 Å². The van der Waals surface area contributed by atoms with Crippen LogP contribution < -0.4 is 24.8 Å². The fourth-order valence-electron chi connectivity index (χ4n) is 1.71. The van der Waals surface area contributed by atoms with Crippen molar-refractivity contribution in [2.75, 3.05) is 0 Å². The zero-order chi connectivity index (χ0) is 15.8. The average molecular weight is 528 g/mol. The third-order valence-electron chi connectivity index (χ3n) is 2.44. The van der Waals surface area contributed by atoms with Crippen LogP contribution in [0.2, 0.25) is 18.1 Å². The monoisotopic (exact) mass is 524 g/mol. The van der Waals surface area contributed by atoms with E-state index in [-0.39, 0.29) is 30.2 Å². The molecule has 0 amide bonds. The molecule has 0 N–H and O–H groups in total. The van der Waals surface area contributed by atoms with E-state index in [0.29, 0.717) is 0 Å². The van der Waals surface area contributed by atoms with E-state index in [1.165, 1.54) is 16.3 Å². The molecule has 3 aromatic carbocycles. The summed E-state index contributed by atoms with van der Waals surface area (Å²) in [6.07, 6.45) is 0. The molecule has 0 aliphatic carbocycles. The number of fused-ring (bicyclic) bond motifs is 1. The van der Waals surface area contributed by atoms with Gasteiger partial charge in [-0.3, -0.25) is 0 Å². The second-order valence-corrected chi connectivity index (χ2v) is 15.6. The summed E-state index contributed by atoms with van der Waals surface area (Å²) < 4.78 is 1.07. The summed E-state index contributed by atoms with van der Waals surface area (Å²) in [6.45, 7) is 6.70. The van der Waals surface area contributed by atoms with Crippen LogP contribution in [0.5, 0.6) is 0 Å². The molecule has 124 valence electrons. The minimum absolute atomic E-state index is 0. The Hall–Kier alpha value is 0.630. The maximum atomic E-state index is 5.90. The minimum Gasteiger partial charge on any atom is -1.00 e. The van der Waals surface area contributed by atoms with Crippen LogP contribution in [0.15, 0.2) is 59.1 Å². The Morgan fingerprint density at radius 2 is 1.61 bits per heavy atom. The Kier molecular flexibility index (Phi) is 15.6. The van der Waals surface area contributed by atoms with Gasteiger partial charge in [-0.15, -0.1) is 28.5 Å². The Morgan fingerprint density at radius 1 is 1.09 bits per heavy atom. The van der Waals surface area contributed by atoms with Crippen LogP contribution in [0.3, 0.4) is 0 Å². The third kappa shape index (κ3) is 11.0. The molecule has 0 saturated heterocycles. The van der Waals surface area contributed by atoms with E-state index < -0.39 is 0 Å². The molecule has 0 atom stereocenters. The number of benzene rings is 1. The van der Waals surface area contributed by atoms with Gasteiger partial charge in [0.25, 0.3) is 0 Å². The van der Waals surface area contributed by atoms with E-state index in [1.807, 2.05) is 42.5 Å². The van der Waals surface area contributed by atoms with E-state index in [0.717, 1.165) is 9.50 Å². The van der Waals surface area contributed by atoms with Gasteiger partial charge in [-0.2, -0.15) is 24.3 Å². The Morgan fingerprint density at radius 3 is 2.04 bits per heavy atom. The third-order valence-corrected chi connectivity index (χ3v) is 3.31. The van der Waals surface area contributed by atoms with Gasteiger partial charge in [0.15, 0.2) is 0 Å². The molecule has 0 heterocycles. The predicted octanol–water partition coefficient (Wildman–Crippen LogP) is 0.481. The van der Waals surface area contributed by atoms with Crippen molar-refractivity contribution in [3.05, 3.63) is 69.7 Å². The minimum atomic E-state index is 0. The smallest absolute Gasteiger partial charge is 0.0000896 e. The van der Waals surface area contributed by atoms with Gasteiger partial charge in [-0.05, 0) is 10.5 Å². The van der Waals surface area contributed by atoms with E-state index >= 15 is 0 Å². The molecule has 0 nitrogen and oxygen atoms in total. The zero-order valence-electron chi connectivity index (χ0n) is 13.2. The molecule has 3 aromatic rings. The van der Waals surface area contributed by atoms with Crippen LogP contribution >= 0.6 is 27.5 Å². The van der Waals surface area contributed by atoms with Gasteiger partial charge < -0.3 is 24.8 Å². The summed E-state index contributed by atoms with van der Waals surface area (Å²) >= 11 is 11.1. The van der Waals surface area contributed by atoms with Crippen molar-refractivity contribution in [1.29, 1.82) is 0 Å². The summed E-state index contributed by atoms with van der Waals surface area (Å²) in [4.78, 5) is 0. The number of aryl methyl sites for hydroxylation is 1. The fourth-order valence-corrected chi connectivity index (χ4v) is 2.66. The molecule has 0 unspecified atom stereocenters. The van der Waals surface area contributed by atoms with Crippen molar-refractivity contribution in [2.24, 2.45) is 0 Å². The normalized spacial score (nSPS) is 8.65. The van der Waals surface area contributed by atoms with Gasteiger partial charge in [0.05, 0.1) is 0 Å². The van der Waals surface area contributed by atoms with Gasteiger partial charge in [0, 0.05) is 5.02 Å². The molecular weight excluding hydrogens is 510 g/mol.